The van der Waals surface area contributed by atoms with E-state index in [1.807, 2.05) is 0 Å². The van der Waals surface area contributed by atoms with E-state index >= 15 is 0 Å². The molecule has 0 radical (unpaired) electrons. The van der Waals surface area contributed by atoms with E-state index in [9.17, 15) is 8.42 Å². The van der Waals surface area contributed by atoms with E-state index in [0.717, 1.165) is 0 Å². The summed E-state index contributed by atoms with van der Waals surface area (Å²) in [5.74, 6) is 0. The van der Waals surface area contributed by atoms with Crippen molar-refractivity contribution in [2.75, 3.05) is 10.7 Å². The second kappa shape index (κ2) is 3.44. The number of hydrogen-bond acceptors (Lipinski definition) is 2. The first-order chi connectivity index (χ1) is 4.62. The summed E-state index contributed by atoms with van der Waals surface area (Å²) in [6, 6.07) is 0. The van der Waals surface area contributed by atoms with Gasteiger partial charge < -0.3 is 0 Å². The maximum atomic E-state index is 11.2. The van der Waals surface area contributed by atoms with Gasteiger partial charge in [-0.1, -0.05) is 0 Å². The van der Waals surface area contributed by atoms with Crippen molar-refractivity contribution in [3.05, 3.63) is 0 Å². The van der Waals surface area contributed by atoms with Gasteiger partial charge in [0.1, 0.15) is 0 Å². The summed E-state index contributed by atoms with van der Waals surface area (Å²) < 4.78 is 22.2. The zero-order valence-electron chi connectivity index (χ0n) is 4.96. The predicted molar refractivity (Wildman–Crippen MR) is 49.8 cm³/mol. The Hall–Kier alpha value is 1.43. The van der Waals surface area contributed by atoms with Crippen molar-refractivity contribution in [3.8, 4) is 0 Å². The minimum absolute atomic E-state index is 0.0671. The van der Waals surface area contributed by atoms with Crippen LogP contribution in [0.1, 0.15) is 0 Å². The standard InChI is InChI=1S/C4H6Br2O2SSe/c5-1-3-9(7,8)4(2-6)10-3/h3-4H,1-2H2. The molecule has 0 aromatic rings. The van der Waals surface area contributed by atoms with Crippen LogP contribution in [0.15, 0.2) is 0 Å². The number of hydrogen-bond donors (Lipinski definition) is 0. The van der Waals surface area contributed by atoms with E-state index in [2.05, 4.69) is 31.9 Å². The van der Waals surface area contributed by atoms with Crippen molar-refractivity contribution >= 4 is 56.7 Å². The average molecular weight is 357 g/mol. The second-order valence-electron chi connectivity index (χ2n) is 1.89. The summed E-state index contributed by atoms with van der Waals surface area (Å²) in [7, 11) is -2.73. The summed E-state index contributed by atoms with van der Waals surface area (Å²) in [4.78, 5) is 0. The first-order valence-electron chi connectivity index (χ1n) is 2.63. The fraction of sp³-hybridized carbons (Fsp3) is 1.00. The quantitative estimate of drug-likeness (QED) is 0.535. The zero-order valence-corrected chi connectivity index (χ0v) is 10.7. The van der Waals surface area contributed by atoms with Gasteiger partial charge in [0.05, 0.1) is 0 Å². The van der Waals surface area contributed by atoms with Crippen LogP contribution < -0.4 is 0 Å². The molecule has 2 atom stereocenters. The average Bonchev–Trinajstić information content (AvgIpc) is 1.88. The van der Waals surface area contributed by atoms with E-state index in [1.54, 1.807) is 0 Å². The van der Waals surface area contributed by atoms with Crippen molar-refractivity contribution in [1.29, 1.82) is 0 Å². The van der Waals surface area contributed by atoms with Crippen LogP contribution in [0.2, 0.25) is 0 Å². The molecule has 2 nitrogen and oxygen atoms in total. The molecule has 6 heteroatoms. The van der Waals surface area contributed by atoms with Crippen LogP contribution in [-0.4, -0.2) is 42.3 Å². The molecular formula is C4H6Br2O2SSe. The molecule has 0 saturated carbocycles. The second-order valence-corrected chi connectivity index (χ2v) is 9.81. The first kappa shape index (κ1) is 9.52. The predicted octanol–water partition coefficient (Wildman–Crippen LogP) is 0.561. The van der Waals surface area contributed by atoms with E-state index in [-0.39, 0.29) is 23.3 Å². The Labute approximate surface area is 83.5 Å². The van der Waals surface area contributed by atoms with Gasteiger partial charge in [0, 0.05) is 0 Å². The van der Waals surface area contributed by atoms with Crippen LogP contribution in [0, 0.1) is 0 Å². The molecule has 0 aromatic heterocycles. The van der Waals surface area contributed by atoms with Crippen molar-refractivity contribution in [1.82, 2.24) is 0 Å². The van der Waals surface area contributed by atoms with Gasteiger partial charge in [-0.05, 0) is 0 Å². The zero-order chi connectivity index (χ0) is 7.78. The normalized spacial score (nSPS) is 37.0. The van der Waals surface area contributed by atoms with Gasteiger partial charge in [0.15, 0.2) is 0 Å². The maximum absolute atomic E-state index is 11.2. The molecule has 1 rings (SSSR count). The Morgan fingerprint density at radius 3 is 1.80 bits per heavy atom. The van der Waals surface area contributed by atoms with Crippen LogP contribution in [0.3, 0.4) is 0 Å². The third-order valence-electron chi connectivity index (χ3n) is 1.29. The van der Waals surface area contributed by atoms with Crippen LogP contribution in [0.4, 0.5) is 0 Å². The summed E-state index contributed by atoms with van der Waals surface area (Å²) >= 11 is 6.64. The molecule has 0 amide bonds. The van der Waals surface area contributed by atoms with Gasteiger partial charge in [-0.25, -0.2) is 0 Å². The Kier molecular flexibility index (Phi) is 3.27. The molecule has 0 spiro atoms. The van der Waals surface area contributed by atoms with Crippen molar-refractivity contribution in [2.45, 2.75) is 8.30 Å². The van der Waals surface area contributed by atoms with Gasteiger partial charge in [0.25, 0.3) is 0 Å². The Morgan fingerprint density at radius 2 is 1.60 bits per heavy atom. The van der Waals surface area contributed by atoms with Crippen molar-refractivity contribution in [2.24, 2.45) is 0 Å². The van der Waals surface area contributed by atoms with Crippen LogP contribution in [0.5, 0.6) is 0 Å². The summed E-state index contributed by atoms with van der Waals surface area (Å²) in [5, 5.41) is 1.22. The summed E-state index contributed by atoms with van der Waals surface area (Å²) in [6.45, 7) is 0. The van der Waals surface area contributed by atoms with Crippen LogP contribution >= 0.6 is 31.9 Å². The molecule has 10 heavy (non-hydrogen) atoms. The number of alkyl halides is 2. The van der Waals surface area contributed by atoms with Gasteiger partial charge in [-0.3, -0.25) is 0 Å². The van der Waals surface area contributed by atoms with Gasteiger partial charge >= 0.3 is 84.0 Å². The van der Waals surface area contributed by atoms with E-state index in [0.29, 0.717) is 10.7 Å². The number of sulfone groups is 1. The molecule has 1 saturated heterocycles. The third-order valence-corrected chi connectivity index (χ3v) is 13.7. The molecule has 0 aliphatic carbocycles. The molecule has 2 unspecified atom stereocenters. The molecule has 0 N–H and O–H groups in total. The third kappa shape index (κ3) is 1.46. The van der Waals surface area contributed by atoms with Crippen molar-refractivity contribution < 1.29 is 8.42 Å². The van der Waals surface area contributed by atoms with Gasteiger partial charge in [0.2, 0.25) is 0 Å². The molecule has 1 fully saturated rings. The molecule has 60 valence electrons. The molecule has 0 aromatic carbocycles. The first-order valence-corrected chi connectivity index (χ1v) is 8.46. The Balaban J connectivity index is 2.66. The fourth-order valence-corrected chi connectivity index (χ4v) is 9.99. The van der Waals surface area contributed by atoms with E-state index < -0.39 is 9.84 Å². The molecule has 1 heterocycles. The topological polar surface area (TPSA) is 34.1 Å². The molecule has 1 aliphatic heterocycles. The van der Waals surface area contributed by atoms with E-state index in [4.69, 9.17) is 0 Å². The molecule has 1 aliphatic rings. The van der Waals surface area contributed by atoms with Crippen LogP contribution in [-0.2, 0) is 9.84 Å². The van der Waals surface area contributed by atoms with Gasteiger partial charge in [-0.2, -0.15) is 0 Å². The SMILES string of the molecule is O=S1(=O)C(CBr)[Se]C1CBr. The Morgan fingerprint density at radius 1 is 1.20 bits per heavy atom. The van der Waals surface area contributed by atoms with Crippen LogP contribution in [0.25, 0.3) is 0 Å². The summed E-state index contributed by atoms with van der Waals surface area (Å²) in [6.07, 6.45) is 0. The number of halogens is 2. The van der Waals surface area contributed by atoms with E-state index in [1.165, 1.54) is 0 Å². The molecule has 0 bridgehead atoms. The fourth-order valence-electron chi connectivity index (χ4n) is 0.688. The minimum atomic E-state index is -2.73. The van der Waals surface area contributed by atoms with Crippen molar-refractivity contribution in [3.63, 3.8) is 0 Å². The molecular weight excluding hydrogens is 351 g/mol. The Bertz CT molecular complexity index is 199. The summed E-state index contributed by atoms with van der Waals surface area (Å²) in [5.41, 5.74) is 0. The monoisotopic (exact) mass is 356 g/mol. The number of rotatable bonds is 2. The van der Waals surface area contributed by atoms with Gasteiger partial charge in [-0.15, -0.1) is 0 Å².